The molecule has 0 aromatic heterocycles. The fourth-order valence-electron chi connectivity index (χ4n) is 2.89. The summed E-state index contributed by atoms with van der Waals surface area (Å²) >= 11 is 1.40. The number of ether oxygens (including phenoxy) is 2. The summed E-state index contributed by atoms with van der Waals surface area (Å²) in [5.41, 5.74) is 0.706. The SMILES string of the molecule is COc1ccccc1NS(=O)(=O)c1ccc(SC)c(C(=O)N2CCOCC2)c1. The molecule has 28 heavy (non-hydrogen) atoms. The van der Waals surface area contributed by atoms with Crippen molar-refractivity contribution in [3.05, 3.63) is 48.0 Å². The van der Waals surface area contributed by atoms with Gasteiger partial charge in [-0.2, -0.15) is 0 Å². The largest absolute Gasteiger partial charge is 0.495 e. The molecule has 1 saturated heterocycles. The van der Waals surface area contributed by atoms with Gasteiger partial charge in [-0.1, -0.05) is 12.1 Å². The van der Waals surface area contributed by atoms with Crippen LogP contribution in [0.5, 0.6) is 5.75 Å². The first-order chi connectivity index (χ1) is 13.5. The molecule has 7 nitrogen and oxygen atoms in total. The highest BCUT2D eigenvalue weighted by molar-refractivity contribution is 7.98. The zero-order chi connectivity index (χ0) is 20.1. The van der Waals surface area contributed by atoms with E-state index in [1.54, 1.807) is 35.2 Å². The van der Waals surface area contributed by atoms with Crippen LogP contribution in [-0.4, -0.2) is 58.9 Å². The number of hydrogen-bond donors (Lipinski definition) is 1. The summed E-state index contributed by atoms with van der Waals surface area (Å²) in [5, 5.41) is 0. The summed E-state index contributed by atoms with van der Waals surface area (Å²) in [6.45, 7) is 1.94. The summed E-state index contributed by atoms with van der Waals surface area (Å²) in [6, 6.07) is 11.3. The fourth-order valence-corrected chi connectivity index (χ4v) is 4.56. The van der Waals surface area contributed by atoms with Crippen molar-refractivity contribution >= 4 is 33.4 Å². The van der Waals surface area contributed by atoms with Crippen molar-refractivity contribution in [2.75, 3.05) is 44.4 Å². The molecule has 150 valence electrons. The molecule has 0 bridgehead atoms. The van der Waals surface area contributed by atoms with Crippen LogP contribution in [-0.2, 0) is 14.8 Å². The molecule has 1 N–H and O–H groups in total. The molecule has 0 radical (unpaired) electrons. The van der Waals surface area contributed by atoms with Crippen LogP contribution < -0.4 is 9.46 Å². The number of benzene rings is 2. The quantitative estimate of drug-likeness (QED) is 0.721. The van der Waals surface area contributed by atoms with Gasteiger partial charge < -0.3 is 14.4 Å². The first kappa shape index (κ1) is 20.5. The van der Waals surface area contributed by atoms with Gasteiger partial charge >= 0.3 is 0 Å². The van der Waals surface area contributed by atoms with E-state index < -0.39 is 10.0 Å². The highest BCUT2D eigenvalue weighted by Crippen LogP contribution is 2.29. The third-order valence-electron chi connectivity index (χ3n) is 4.36. The molecule has 9 heteroatoms. The lowest BCUT2D eigenvalue weighted by molar-refractivity contribution is 0.0300. The van der Waals surface area contributed by atoms with Crippen molar-refractivity contribution in [3.8, 4) is 5.75 Å². The maximum Gasteiger partial charge on any atom is 0.262 e. The first-order valence-electron chi connectivity index (χ1n) is 8.67. The monoisotopic (exact) mass is 422 g/mol. The summed E-state index contributed by atoms with van der Waals surface area (Å²) in [6.07, 6.45) is 1.85. The number of nitrogens with one attached hydrogen (secondary N) is 1. The average molecular weight is 423 g/mol. The Bertz CT molecular complexity index is 957. The molecule has 1 aliphatic heterocycles. The number of carbonyl (C=O) groups excluding carboxylic acids is 1. The van der Waals surface area contributed by atoms with Crippen LogP contribution in [0.2, 0.25) is 0 Å². The smallest absolute Gasteiger partial charge is 0.262 e. The summed E-state index contributed by atoms with van der Waals surface area (Å²) in [5.74, 6) is 0.221. The lowest BCUT2D eigenvalue weighted by atomic mass is 10.2. The second-order valence-electron chi connectivity index (χ2n) is 6.07. The Hall–Kier alpha value is -2.23. The molecular formula is C19H22N2O5S2. The number of morpholine rings is 1. The Balaban J connectivity index is 1.94. The Kier molecular flexibility index (Phi) is 6.48. The van der Waals surface area contributed by atoms with Gasteiger partial charge in [-0.25, -0.2) is 8.42 Å². The molecule has 1 amide bonds. The van der Waals surface area contributed by atoms with Gasteiger partial charge in [0, 0.05) is 18.0 Å². The minimum absolute atomic E-state index is 0.0211. The maximum atomic E-state index is 12.9. The van der Waals surface area contributed by atoms with Crippen molar-refractivity contribution in [1.82, 2.24) is 4.90 Å². The molecule has 3 rings (SSSR count). The molecule has 0 aliphatic carbocycles. The fraction of sp³-hybridized carbons (Fsp3) is 0.316. The normalized spacial score (nSPS) is 14.6. The van der Waals surface area contributed by atoms with E-state index in [1.807, 2.05) is 6.26 Å². The van der Waals surface area contributed by atoms with Crippen LogP contribution in [0.1, 0.15) is 10.4 Å². The van der Waals surface area contributed by atoms with Gasteiger partial charge in [0.15, 0.2) is 0 Å². The van der Waals surface area contributed by atoms with E-state index in [0.717, 1.165) is 4.90 Å². The van der Waals surface area contributed by atoms with Gasteiger partial charge in [0.2, 0.25) is 0 Å². The number of rotatable bonds is 6. The summed E-state index contributed by atoms with van der Waals surface area (Å²) < 4.78 is 38.8. The second kappa shape index (κ2) is 8.85. The second-order valence-corrected chi connectivity index (χ2v) is 8.60. The van der Waals surface area contributed by atoms with Gasteiger partial charge in [0.25, 0.3) is 15.9 Å². The Morgan fingerprint density at radius 3 is 2.57 bits per heavy atom. The topological polar surface area (TPSA) is 84.9 Å². The van der Waals surface area contributed by atoms with Crippen molar-refractivity contribution in [3.63, 3.8) is 0 Å². The molecule has 0 atom stereocenters. The van der Waals surface area contributed by atoms with Crippen LogP contribution in [0.25, 0.3) is 0 Å². The van der Waals surface area contributed by atoms with E-state index in [4.69, 9.17) is 9.47 Å². The molecule has 1 aliphatic rings. The van der Waals surface area contributed by atoms with E-state index in [2.05, 4.69) is 4.72 Å². The molecule has 0 spiro atoms. The maximum absolute atomic E-state index is 12.9. The van der Waals surface area contributed by atoms with Gasteiger partial charge in [-0.3, -0.25) is 9.52 Å². The van der Waals surface area contributed by atoms with Gasteiger partial charge in [-0.15, -0.1) is 11.8 Å². The number of anilines is 1. The minimum atomic E-state index is -3.89. The molecule has 0 unspecified atom stereocenters. The predicted octanol–water partition coefficient (Wildman–Crippen LogP) is 2.69. The Morgan fingerprint density at radius 2 is 1.89 bits per heavy atom. The lowest BCUT2D eigenvalue weighted by Gasteiger charge is -2.27. The number of methoxy groups -OCH3 is 1. The Morgan fingerprint density at radius 1 is 1.18 bits per heavy atom. The van der Waals surface area contributed by atoms with Gasteiger partial charge in [-0.05, 0) is 36.6 Å². The van der Waals surface area contributed by atoms with Crippen LogP contribution in [0.15, 0.2) is 52.3 Å². The van der Waals surface area contributed by atoms with Crippen molar-refractivity contribution < 1.29 is 22.7 Å². The highest BCUT2D eigenvalue weighted by Gasteiger charge is 2.24. The van der Waals surface area contributed by atoms with Crippen LogP contribution in [0.3, 0.4) is 0 Å². The average Bonchev–Trinajstić information content (AvgIpc) is 2.73. The number of amides is 1. The van der Waals surface area contributed by atoms with Gasteiger partial charge in [0.05, 0.1) is 36.5 Å². The predicted molar refractivity (Wildman–Crippen MR) is 109 cm³/mol. The third-order valence-corrected chi connectivity index (χ3v) is 6.52. The highest BCUT2D eigenvalue weighted by atomic mass is 32.2. The number of carbonyl (C=O) groups is 1. The molecular weight excluding hydrogens is 400 g/mol. The van der Waals surface area contributed by atoms with Crippen LogP contribution >= 0.6 is 11.8 Å². The molecule has 1 heterocycles. The third kappa shape index (κ3) is 4.43. The summed E-state index contributed by atoms with van der Waals surface area (Å²) in [4.78, 5) is 15.4. The molecule has 1 fully saturated rings. The van der Waals surface area contributed by atoms with Crippen LogP contribution in [0, 0.1) is 0 Å². The number of nitrogens with zero attached hydrogens (tertiary/aromatic N) is 1. The van der Waals surface area contributed by atoms with Gasteiger partial charge in [0.1, 0.15) is 5.75 Å². The van der Waals surface area contributed by atoms with E-state index in [-0.39, 0.29) is 10.8 Å². The van der Waals surface area contributed by atoms with E-state index >= 15 is 0 Å². The van der Waals surface area contributed by atoms with Crippen molar-refractivity contribution in [2.45, 2.75) is 9.79 Å². The number of thioether (sulfide) groups is 1. The van der Waals surface area contributed by atoms with E-state index in [1.165, 1.54) is 31.0 Å². The number of hydrogen-bond acceptors (Lipinski definition) is 6. The zero-order valence-corrected chi connectivity index (χ0v) is 17.3. The van der Waals surface area contributed by atoms with Crippen molar-refractivity contribution in [2.24, 2.45) is 0 Å². The van der Waals surface area contributed by atoms with Crippen LogP contribution in [0.4, 0.5) is 5.69 Å². The standard InChI is InChI=1S/C19H22N2O5S2/c1-25-17-6-4-3-5-16(17)20-28(23,24)14-7-8-18(27-2)15(13-14)19(22)21-9-11-26-12-10-21/h3-8,13,20H,9-12H2,1-2H3. The minimum Gasteiger partial charge on any atom is -0.495 e. The number of para-hydroxylation sites is 2. The zero-order valence-electron chi connectivity index (χ0n) is 15.7. The summed E-state index contributed by atoms with van der Waals surface area (Å²) in [7, 11) is -2.42. The molecule has 2 aromatic rings. The first-order valence-corrected chi connectivity index (χ1v) is 11.4. The Labute approximate surface area is 169 Å². The van der Waals surface area contributed by atoms with E-state index in [9.17, 15) is 13.2 Å². The van der Waals surface area contributed by atoms with E-state index in [0.29, 0.717) is 43.3 Å². The lowest BCUT2D eigenvalue weighted by Crippen LogP contribution is -2.41. The molecule has 0 saturated carbocycles. The molecule has 2 aromatic carbocycles. The van der Waals surface area contributed by atoms with Crippen molar-refractivity contribution in [1.29, 1.82) is 0 Å². The number of sulfonamides is 1.